The summed E-state index contributed by atoms with van der Waals surface area (Å²) in [7, 11) is 0. The van der Waals surface area contributed by atoms with E-state index in [1.807, 2.05) is 0 Å². The molecule has 0 fully saturated rings. The highest BCUT2D eigenvalue weighted by atomic mass is 19.2. The number of fused-ring (bicyclic) bond motifs is 2. The van der Waals surface area contributed by atoms with E-state index in [1.165, 1.54) is 0 Å². The summed E-state index contributed by atoms with van der Waals surface area (Å²) in [5, 5.41) is -4.95. The summed E-state index contributed by atoms with van der Waals surface area (Å²) in [4.78, 5) is 0. The highest BCUT2D eigenvalue weighted by Gasteiger charge is 2.43. The largest absolute Gasteiger partial charge is 0.254 e. The monoisotopic (exact) mass is 724 g/mol. The summed E-state index contributed by atoms with van der Waals surface area (Å²) in [6, 6.07) is 2.77. The molecule has 0 atom stereocenters. The molecule has 18 heteroatoms. The van der Waals surface area contributed by atoms with Crippen LogP contribution in [0.5, 0.6) is 0 Å². The van der Waals surface area contributed by atoms with Gasteiger partial charge in [0.05, 0.1) is 16.3 Å². The molecule has 0 heterocycles. The van der Waals surface area contributed by atoms with Gasteiger partial charge in [0.15, 0.2) is 81.4 Å². The Morgan fingerprint density at radius 2 is 0.840 bits per heavy atom. The van der Waals surface area contributed by atoms with Crippen molar-refractivity contribution in [3.05, 3.63) is 135 Å². The SMILES string of the molecule is Fc1ccc(B(c2c(F)c(F)c(F)c(F)c2-c2c(F)c(F)c(F)c(F)c2F)c2c(F)c(F)c(F)c3c(F)c4c(F)cccc4cc23)c(F)c1F. The van der Waals surface area contributed by atoms with Gasteiger partial charge in [-0.1, -0.05) is 18.2 Å². The molecular weight excluding hydrogens is 718 g/mol. The predicted octanol–water partition coefficient (Wildman–Crippen LogP) is 8.54. The molecule has 0 amide bonds. The average Bonchev–Trinajstić information content (AvgIpc) is 3.08. The van der Waals surface area contributed by atoms with E-state index in [1.54, 1.807) is 0 Å². The summed E-state index contributed by atoms with van der Waals surface area (Å²) in [6.45, 7) is -3.47. The van der Waals surface area contributed by atoms with Crippen molar-refractivity contribution >= 4 is 44.6 Å². The Bertz CT molecular complexity index is 2450. The summed E-state index contributed by atoms with van der Waals surface area (Å²) >= 11 is 0. The van der Waals surface area contributed by atoms with Gasteiger partial charge in [0.2, 0.25) is 5.82 Å². The Morgan fingerprint density at radius 3 is 1.44 bits per heavy atom. The summed E-state index contributed by atoms with van der Waals surface area (Å²) in [6.07, 6.45) is 0. The van der Waals surface area contributed by atoms with Crippen molar-refractivity contribution in [2.75, 3.05) is 0 Å². The minimum absolute atomic E-state index is 0.0295. The molecule has 0 aliphatic heterocycles. The van der Waals surface area contributed by atoms with Crippen LogP contribution < -0.4 is 16.4 Å². The average molecular weight is 724 g/mol. The van der Waals surface area contributed by atoms with Crippen molar-refractivity contribution < 1.29 is 74.6 Å². The van der Waals surface area contributed by atoms with Crippen LogP contribution in [0.25, 0.3) is 32.7 Å². The molecular formula is C32H6BF17. The third kappa shape index (κ3) is 4.70. The van der Waals surface area contributed by atoms with E-state index in [0.717, 1.165) is 12.1 Å². The van der Waals surface area contributed by atoms with Gasteiger partial charge in [-0.3, -0.25) is 0 Å². The molecule has 0 spiro atoms. The lowest BCUT2D eigenvalue weighted by Gasteiger charge is -2.25. The maximum absolute atomic E-state index is 16.0. The Hall–Kier alpha value is -5.29. The van der Waals surface area contributed by atoms with Gasteiger partial charge in [0.1, 0.15) is 11.6 Å². The second kappa shape index (κ2) is 11.9. The quantitative estimate of drug-likeness (QED) is 0.0563. The molecule has 0 saturated heterocycles. The highest BCUT2D eigenvalue weighted by molar-refractivity contribution is 6.97. The minimum atomic E-state index is -3.47. The van der Waals surface area contributed by atoms with E-state index in [2.05, 4.69) is 0 Å². The van der Waals surface area contributed by atoms with Gasteiger partial charge in [-0.15, -0.1) is 0 Å². The maximum Gasteiger partial charge on any atom is 0.254 e. The van der Waals surface area contributed by atoms with Crippen LogP contribution in [0.1, 0.15) is 0 Å². The van der Waals surface area contributed by atoms with Gasteiger partial charge in [0.25, 0.3) is 6.71 Å². The van der Waals surface area contributed by atoms with Gasteiger partial charge < -0.3 is 0 Å². The van der Waals surface area contributed by atoms with Crippen LogP contribution in [0.4, 0.5) is 74.6 Å². The fraction of sp³-hybridized carbons (Fsp3) is 0. The number of hydrogen-bond acceptors (Lipinski definition) is 0. The Morgan fingerprint density at radius 1 is 0.340 bits per heavy atom. The summed E-state index contributed by atoms with van der Waals surface area (Å²) in [5.74, 6) is -45.6. The minimum Gasteiger partial charge on any atom is -0.206 e. The van der Waals surface area contributed by atoms with E-state index in [4.69, 9.17) is 0 Å². The summed E-state index contributed by atoms with van der Waals surface area (Å²) < 4.78 is 255. The zero-order valence-corrected chi connectivity index (χ0v) is 23.5. The van der Waals surface area contributed by atoms with Crippen LogP contribution in [0, 0.1) is 98.9 Å². The topological polar surface area (TPSA) is 0 Å². The molecule has 0 bridgehead atoms. The molecule has 6 rings (SSSR count). The Labute approximate surface area is 266 Å². The summed E-state index contributed by atoms with van der Waals surface area (Å²) in [5.41, 5.74) is -11.2. The number of hydrogen-bond donors (Lipinski definition) is 0. The Kier molecular flexibility index (Phi) is 8.26. The maximum atomic E-state index is 16.0. The first-order valence-corrected chi connectivity index (χ1v) is 13.3. The van der Waals surface area contributed by atoms with E-state index in [9.17, 15) is 35.1 Å². The molecule has 256 valence electrons. The smallest absolute Gasteiger partial charge is 0.206 e. The molecule has 6 aromatic carbocycles. The lowest BCUT2D eigenvalue weighted by molar-refractivity contribution is 0.379. The predicted molar refractivity (Wildman–Crippen MR) is 144 cm³/mol. The van der Waals surface area contributed by atoms with Crippen LogP contribution >= 0.6 is 0 Å². The molecule has 0 aliphatic rings. The van der Waals surface area contributed by atoms with E-state index >= 15 is 39.5 Å². The second-order valence-corrected chi connectivity index (χ2v) is 10.5. The van der Waals surface area contributed by atoms with Crippen LogP contribution in [0.3, 0.4) is 0 Å². The van der Waals surface area contributed by atoms with E-state index in [-0.39, 0.29) is 12.1 Å². The zero-order chi connectivity index (χ0) is 36.8. The number of halogens is 17. The third-order valence-corrected chi connectivity index (χ3v) is 7.90. The van der Waals surface area contributed by atoms with Gasteiger partial charge in [-0.05, 0) is 45.4 Å². The molecule has 0 radical (unpaired) electrons. The lowest BCUT2D eigenvalue weighted by atomic mass is 9.35. The van der Waals surface area contributed by atoms with E-state index in [0.29, 0.717) is 12.1 Å². The van der Waals surface area contributed by atoms with Crippen molar-refractivity contribution in [3.8, 4) is 11.1 Å². The Balaban J connectivity index is 1.95. The van der Waals surface area contributed by atoms with Crippen LogP contribution in [0.15, 0.2) is 36.4 Å². The lowest BCUT2D eigenvalue weighted by Crippen LogP contribution is -2.57. The molecule has 0 saturated carbocycles. The fourth-order valence-corrected chi connectivity index (χ4v) is 5.72. The third-order valence-electron chi connectivity index (χ3n) is 7.90. The van der Waals surface area contributed by atoms with Crippen LogP contribution in [0.2, 0.25) is 0 Å². The van der Waals surface area contributed by atoms with Gasteiger partial charge in [-0.25, -0.2) is 74.6 Å². The van der Waals surface area contributed by atoms with Crippen molar-refractivity contribution in [1.82, 2.24) is 0 Å². The first-order chi connectivity index (χ1) is 23.4. The number of benzene rings is 6. The fourth-order valence-electron chi connectivity index (χ4n) is 5.72. The van der Waals surface area contributed by atoms with Crippen LogP contribution in [-0.4, -0.2) is 6.71 Å². The van der Waals surface area contributed by atoms with Gasteiger partial charge in [0, 0.05) is 5.56 Å². The van der Waals surface area contributed by atoms with Crippen molar-refractivity contribution in [1.29, 1.82) is 0 Å². The molecule has 0 unspecified atom stereocenters. The standard InChI is InChI=1S/C32H6BF17/c34-10-3-1-2-7-6-8-13(20(38)12(7)10)21(39)27(45)25(43)16(8)33(9-4-5-11(35)19(37)18(9)36)17-14(22(40)28(46)31(49)26(17)44)15-23(41)29(47)32(50)30(48)24(15)42/h1-6H. The first kappa shape index (κ1) is 34.6. The van der Waals surface area contributed by atoms with Crippen molar-refractivity contribution in [2.24, 2.45) is 0 Å². The zero-order valence-electron chi connectivity index (χ0n) is 23.5. The van der Waals surface area contributed by atoms with Crippen LogP contribution in [-0.2, 0) is 0 Å². The normalized spacial score (nSPS) is 11.7. The molecule has 0 aromatic heterocycles. The molecule has 6 aromatic rings. The molecule has 0 N–H and O–H groups in total. The van der Waals surface area contributed by atoms with Crippen molar-refractivity contribution in [3.63, 3.8) is 0 Å². The second-order valence-electron chi connectivity index (χ2n) is 10.5. The molecule has 50 heavy (non-hydrogen) atoms. The van der Waals surface area contributed by atoms with Gasteiger partial charge >= 0.3 is 0 Å². The van der Waals surface area contributed by atoms with E-state index < -0.39 is 155 Å². The first-order valence-electron chi connectivity index (χ1n) is 13.3. The molecule has 0 nitrogen and oxygen atoms in total. The van der Waals surface area contributed by atoms with Crippen molar-refractivity contribution in [2.45, 2.75) is 0 Å². The van der Waals surface area contributed by atoms with Gasteiger partial charge in [-0.2, -0.15) is 0 Å². The highest BCUT2D eigenvalue weighted by Crippen LogP contribution is 2.37. The molecule has 0 aliphatic carbocycles. The number of rotatable bonds is 4.